The maximum Gasteiger partial charge on any atom is 0.225 e. The van der Waals surface area contributed by atoms with E-state index >= 15 is 0 Å². The van der Waals surface area contributed by atoms with Gasteiger partial charge in [0.1, 0.15) is 0 Å². The topological polar surface area (TPSA) is 53.2 Å². The van der Waals surface area contributed by atoms with Crippen LogP contribution < -0.4 is 16.0 Å². The third-order valence-electron chi connectivity index (χ3n) is 3.27. The lowest BCUT2D eigenvalue weighted by Gasteiger charge is -2.33. The first-order valence-electron chi connectivity index (χ1n) is 5.49. The zero-order chi connectivity index (χ0) is 9.97. The Morgan fingerprint density at radius 1 is 1.27 bits per heavy atom. The lowest BCUT2D eigenvalue weighted by molar-refractivity contribution is -0.127. The normalized spacial score (nSPS) is 31.3. The number of hydrogen-bond acceptors (Lipinski definition) is 3. The molecule has 2 unspecified atom stereocenters. The predicted molar refractivity (Wildman–Crippen MR) is 62.2 cm³/mol. The van der Waals surface area contributed by atoms with Crippen molar-refractivity contribution in [2.75, 3.05) is 26.2 Å². The second-order valence-electron chi connectivity index (χ2n) is 4.44. The van der Waals surface area contributed by atoms with Crippen LogP contribution in [0.15, 0.2) is 0 Å². The molecule has 3 N–H and O–H groups in total. The summed E-state index contributed by atoms with van der Waals surface area (Å²) in [4.78, 5) is 11.7. The van der Waals surface area contributed by atoms with Crippen LogP contribution in [-0.4, -0.2) is 38.1 Å². The summed E-state index contributed by atoms with van der Waals surface area (Å²) in [6, 6.07) is 0.379. The Kier molecular flexibility index (Phi) is 4.83. The van der Waals surface area contributed by atoms with Gasteiger partial charge < -0.3 is 16.0 Å². The minimum absolute atomic E-state index is 0. The molecule has 2 heterocycles. The summed E-state index contributed by atoms with van der Waals surface area (Å²) in [7, 11) is 0. The van der Waals surface area contributed by atoms with Gasteiger partial charge in [0, 0.05) is 19.1 Å². The molecule has 0 aromatic heterocycles. The van der Waals surface area contributed by atoms with Crippen LogP contribution in [0.2, 0.25) is 0 Å². The number of halogens is 1. The summed E-state index contributed by atoms with van der Waals surface area (Å²) >= 11 is 0. The van der Waals surface area contributed by atoms with Crippen LogP contribution in [-0.2, 0) is 4.79 Å². The molecular weight excluding hydrogens is 214 g/mol. The van der Waals surface area contributed by atoms with Gasteiger partial charge in [-0.1, -0.05) is 6.92 Å². The maximum atomic E-state index is 11.7. The van der Waals surface area contributed by atoms with Crippen LogP contribution >= 0.6 is 12.4 Å². The fourth-order valence-electron chi connectivity index (χ4n) is 2.00. The summed E-state index contributed by atoms with van der Waals surface area (Å²) in [6.07, 6.45) is 1.06. The Morgan fingerprint density at radius 2 is 2.00 bits per heavy atom. The Bertz CT molecular complexity index is 221. The molecule has 88 valence electrons. The van der Waals surface area contributed by atoms with E-state index in [1.54, 1.807) is 0 Å². The zero-order valence-corrected chi connectivity index (χ0v) is 9.90. The highest BCUT2D eigenvalue weighted by atomic mass is 35.5. The van der Waals surface area contributed by atoms with E-state index in [0.29, 0.717) is 12.0 Å². The van der Waals surface area contributed by atoms with Gasteiger partial charge in [0.05, 0.1) is 5.92 Å². The highest BCUT2D eigenvalue weighted by molar-refractivity contribution is 5.85. The molecule has 2 atom stereocenters. The van der Waals surface area contributed by atoms with Crippen LogP contribution in [0, 0.1) is 11.8 Å². The van der Waals surface area contributed by atoms with Crippen molar-refractivity contribution >= 4 is 18.3 Å². The third kappa shape index (κ3) is 3.06. The molecule has 2 aliphatic heterocycles. The number of carbonyl (C=O) groups excluding carboxylic acids is 1. The fraction of sp³-hybridized carbons (Fsp3) is 0.900. The van der Waals surface area contributed by atoms with E-state index in [4.69, 9.17) is 0 Å². The highest BCUT2D eigenvalue weighted by Gasteiger charge is 2.29. The van der Waals surface area contributed by atoms with Crippen LogP contribution in [0.4, 0.5) is 0 Å². The molecule has 2 fully saturated rings. The average molecular weight is 234 g/mol. The number of rotatable bonds is 2. The first kappa shape index (κ1) is 12.7. The predicted octanol–water partition coefficient (Wildman–Crippen LogP) is -0.258. The first-order valence-corrected chi connectivity index (χ1v) is 5.49. The molecule has 0 aromatic rings. The quantitative estimate of drug-likeness (QED) is 0.616. The lowest BCUT2D eigenvalue weighted by atomic mass is 9.93. The Balaban J connectivity index is 0.00000112. The van der Waals surface area contributed by atoms with Crippen molar-refractivity contribution < 1.29 is 4.79 Å². The first-order chi connectivity index (χ1) is 6.77. The van der Waals surface area contributed by atoms with Gasteiger partial charge in [-0.15, -0.1) is 12.4 Å². The number of hydrogen-bond donors (Lipinski definition) is 3. The number of piperidine rings is 1. The largest absolute Gasteiger partial charge is 0.353 e. The van der Waals surface area contributed by atoms with E-state index in [0.717, 1.165) is 32.6 Å². The number of carbonyl (C=O) groups is 1. The molecule has 0 aliphatic carbocycles. The van der Waals surface area contributed by atoms with Crippen molar-refractivity contribution in [2.24, 2.45) is 11.8 Å². The van der Waals surface area contributed by atoms with Gasteiger partial charge in [0.15, 0.2) is 0 Å². The lowest BCUT2D eigenvalue weighted by Crippen LogP contribution is -2.55. The van der Waals surface area contributed by atoms with Crippen molar-refractivity contribution in [3.8, 4) is 0 Å². The van der Waals surface area contributed by atoms with Crippen molar-refractivity contribution in [1.29, 1.82) is 0 Å². The molecule has 4 nitrogen and oxygen atoms in total. The van der Waals surface area contributed by atoms with Gasteiger partial charge in [-0.25, -0.2) is 0 Å². The third-order valence-corrected chi connectivity index (χ3v) is 3.27. The standard InChI is InChI=1S/C10H19N3O.ClH/c1-7-4-11-3-2-9(7)13-10(14)8-5-12-6-8;/h7-9,11-12H,2-6H2,1H3,(H,13,14);1H. The van der Waals surface area contributed by atoms with E-state index in [-0.39, 0.29) is 24.2 Å². The van der Waals surface area contributed by atoms with Gasteiger partial charge in [-0.05, 0) is 25.4 Å². The van der Waals surface area contributed by atoms with Crippen molar-refractivity contribution in [2.45, 2.75) is 19.4 Å². The van der Waals surface area contributed by atoms with Crippen LogP contribution in [0.25, 0.3) is 0 Å². The number of nitrogens with one attached hydrogen (secondary N) is 3. The summed E-state index contributed by atoms with van der Waals surface area (Å²) in [5, 5.41) is 9.60. The van der Waals surface area contributed by atoms with Gasteiger partial charge in [-0.3, -0.25) is 4.79 Å². The second-order valence-corrected chi connectivity index (χ2v) is 4.44. The van der Waals surface area contributed by atoms with E-state index in [1.807, 2.05) is 0 Å². The monoisotopic (exact) mass is 233 g/mol. The molecule has 2 rings (SSSR count). The molecule has 0 aromatic carbocycles. The van der Waals surface area contributed by atoms with Gasteiger partial charge in [0.2, 0.25) is 5.91 Å². The van der Waals surface area contributed by atoms with E-state index in [2.05, 4.69) is 22.9 Å². The SMILES string of the molecule is CC1CNCCC1NC(=O)C1CNC1.Cl. The van der Waals surface area contributed by atoms with E-state index in [1.165, 1.54) is 0 Å². The van der Waals surface area contributed by atoms with Crippen molar-refractivity contribution in [1.82, 2.24) is 16.0 Å². The summed E-state index contributed by atoms with van der Waals surface area (Å²) in [5.41, 5.74) is 0. The second kappa shape index (κ2) is 5.68. The zero-order valence-electron chi connectivity index (χ0n) is 9.08. The smallest absolute Gasteiger partial charge is 0.225 e. The van der Waals surface area contributed by atoms with Crippen molar-refractivity contribution in [3.05, 3.63) is 0 Å². The van der Waals surface area contributed by atoms with Crippen molar-refractivity contribution in [3.63, 3.8) is 0 Å². The van der Waals surface area contributed by atoms with Gasteiger partial charge >= 0.3 is 0 Å². The Hall–Kier alpha value is -0.320. The van der Waals surface area contributed by atoms with E-state index < -0.39 is 0 Å². The molecule has 2 saturated heterocycles. The minimum atomic E-state index is 0. The summed E-state index contributed by atoms with van der Waals surface area (Å²) in [6.45, 7) is 5.94. The molecule has 15 heavy (non-hydrogen) atoms. The summed E-state index contributed by atoms with van der Waals surface area (Å²) in [5.74, 6) is 1.01. The molecule has 5 heteroatoms. The average Bonchev–Trinajstić information content (AvgIpc) is 2.05. The highest BCUT2D eigenvalue weighted by Crippen LogP contribution is 2.12. The molecule has 2 aliphatic rings. The number of amides is 1. The van der Waals surface area contributed by atoms with Gasteiger partial charge in [0.25, 0.3) is 0 Å². The molecule has 1 amide bonds. The maximum absolute atomic E-state index is 11.7. The Morgan fingerprint density at radius 3 is 2.53 bits per heavy atom. The molecule has 0 bridgehead atoms. The molecule has 0 saturated carbocycles. The fourth-order valence-corrected chi connectivity index (χ4v) is 2.00. The molecule has 0 radical (unpaired) electrons. The van der Waals surface area contributed by atoms with Gasteiger partial charge in [-0.2, -0.15) is 0 Å². The van der Waals surface area contributed by atoms with Crippen LogP contribution in [0.3, 0.4) is 0 Å². The van der Waals surface area contributed by atoms with E-state index in [9.17, 15) is 4.79 Å². The molecular formula is C10H20ClN3O. The van der Waals surface area contributed by atoms with Crippen LogP contribution in [0.5, 0.6) is 0 Å². The Labute approximate surface area is 97.0 Å². The summed E-state index contributed by atoms with van der Waals surface area (Å²) < 4.78 is 0. The van der Waals surface area contributed by atoms with Crippen LogP contribution in [0.1, 0.15) is 13.3 Å². The molecule has 0 spiro atoms. The minimum Gasteiger partial charge on any atom is -0.353 e.